The van der Waals surface area contributed by atoms with E-state index in [9.17, 15) is 22.8 Å². The van der Waals surface area contributed by atoms with Gasteiger partial charge in [0.15, 0.2) is 17.9 Å². The van der Waals surface area contributed by atoms with E-state index in [1.165, 1.54) is 24.3 Å². The number of amides is 1. The maximum atomic E-state index is 14.0. The van der Waals surface area contributed by atoms with E-state index >= 15 is 0 Å². The molecular weight excluding hydrogens is 335 g/mol. The van der Waals surface area contributed by atoms with Crippen molar-refractivity contribution in [3.8, 4) is 11.1 Å². The summed E-state index contributed by atoms with van der Waals surface area (Å²) in [6.45, 7) is 0. The van der Waals surface area contributed by atoms with Crippen molar-refractivity contribution in [2.45, 2.75) is 12.0 Å². The minimum atomic E-state index is -1.54. The molecule has 0 heterocycles. The summed E-state index contributed by atoms with van der Waals surface area (Å²) in [4.78, 5) is 22.6. The molecule has 1 atom stereocenters. The zero-order valence-corrected chi connectivity index (χ0v) is 12.7. The highest BCUT2D eigenvalue weighted by Crippen LogP contribution is 2.34. The van der Waals surface area contributed by atoms with Crippen molar-refractivity contribution in [3.63, 3.8) is 0 Å². The van der Waals surface area contributed by atoms with Gasteiger partial charge in [-0.3, -0.25) is 4.79 Å². The number of hydrogen-bond acceptors (Lipinski definition) is 2. The van der Waals surface area contributed by atoms with E-state index in [1.807, 2.05) is 0 Å². The lowest BCUT2D eigenvalue weighted by Gasteiger charge is -2.30. The Balaban J connectivity index is 2.12. The molecule has 1 aliphatic rings. The van der Waals surface area contributed by atoms with Crippen LogP contribution in [0, 0.1) is 17.5 Å². The molecule has 0 unspecified atom stereocenters. The molecule has 0 radical (unpaired) electrons. The van der Waals surface area contributed by atoms with Crippen molar-refractivity contribution in [2.24, 2.45) is 0 Å². The molecule has 0 aromatic heterocycles. The van der Waals surface area contributed by atoms with E-state index in [0.29, 0.717) is 35.5 Å². The lowest BCUT2D eigenvalue weighted by atomic mass is 9.81. The van der Waals surface area contributed by atoms with Gasteiger partial charge in [-0.25, -0.2) is 18.0 Å². The molecule has 1 amide bonds. The molecule has 0 bridgehead atoms. The fraction of sp³-hybridized carbons (Fsp3) is 0.111. The lowest BCUT2D eigenvalue weighted by molar-refractivity contribution is -0.112. The summed E-state index contributed by atoms with van der Waals surface area (Å²) in [5.41, 5.74) is -0.395. The average Bonchev–Trinajstić information content (AvgIpc) is 2.57. The van der Waals surface area contributed by atoms with Crippen LogP contribution in [0.3, 0.4) is 0 Å². The first-order valence-corrected chi connectivity index (χ1v) is 7.30. The van der Waals surface area contributed by atoms with Crippen molar-refractivity contribution in [1.29, 1.82) is 0 Å². The zero-order valence-electron chi connectivity index (χ0n) is 12.7. The first kappa shape index (κ1) is 16.8. The second kappa shape index (κ2) is 6.08. The third kappa shape index (κ3) is 2.88. The van der Waals surface area contributed by atoms with Crippen LogP contribution in [0.1, 0.15) is 11.1 Å². The van der Waals surface area contributed by atoms with Gasteiger partial charge in [-0.15, -0.1) is 0 Å². The van der Waals surface area contributed by atoms with Crippen LogP contribution in [0.25, 0.3) is 11.1 Å². The van der Waals surface area contributed by atoms with Crippen molar-refractivity contribution in [1.82, 2.24) is 5.32 Å². The summed E-state index contributed by atoms with van der Waals surface area (Å²) in [6, 6.07) is 5.64. The molecule has 3 rings (SSSR count). The van der Waals surface area contributed by atoms with Gasteiger partial charge in [0.25, 0.3) is 0 Å². The first-order chi connectivity index (χ1) is 11.9. The van der Waals surface area contributed by atoms with Gasteiger partial charge < -0.3 is 10.4 Å². The summed E-state index contributed by atoms with van der Waals surface area (Å²) in [6.07, 6.45) is 2.52. The Morgan fingerprint density at radius 1 is 1.12 bits per heavy atom. The van der Waals surface area contributed by atoms with E-state index < -0.39 is 29.1 Å². The summed E-state index contributed by atoms with van der Waals surface area (Å²) in [7, 11) is 0. The van der Waals surface area contributed by atoms with E-state index in [0.717, 1.165) is 6.07 Å². The fourth-order valence-electron chi connectivity index (χ4n) is 2.96. The first-order valence-electron chi connectivity index (χ1n) is 7.30. The Hall–Kier alpha value is -3.09. The standard InChI is InChI=1S/C18H12F3NO3/c19-14-8-16(21)15(20)7-12(14)10-3-4-13-11(6-10)2-1-5-18(13,9-23)22-17(24)25/h1,3-9,22H,2H2,(H,24,25)/t18-/m1/s1. The van der Waals surface area contributed by atoms with Crippen molar-refractivity contribution < 1.29 is 27.9 Å². The van der Waals surface area contributed by atoms with Gasteiger partial charge in [0.05, 0.1) is 0 Å². The van der Waals surface area contributed by atoms with Crippen LogP contribution in [-0.2, 0) is 16.8 Å². The summed E-state index contributed by atoms with van der Waals surface area (Å²) < 4.78 is 40.5. The second-order valence-electron chi connectivity index (χ2n) is 5.64. The third-order valence-electron chi connectivity index (χ3n) is 4.09. The second-order valence-corrected chi connectivity index (χ2v) is 5.64. The monoisotopic (exact) mass is 347 g/mol. The number of carbonyl (C=O) groups is 2. The number of carbonyl (C=O) groups excluding carboxylic acids is 1. The molecule has 2 N–H and O–H groups in total. The number of nitrogens with one attached hydrogen (secondary N) is 1. The number of fused-ring (bicyclic) bond motifs is 1. The summed E-state index contributed by atoms with van der Waals surface area (Å²) in [5.74, 6) is -3.38. The number of halogens is 3. The molecule has 4 nitrogen and oxygen atoms in total. The van der Waals surface area contributed by atoms with Gasteiger partial charge in [0, 0.05) is 11.6 Å². The van der Waals surface area contributed by atoms with E-state index in [4.69, 9.17) is 5.11 Å². The normalized spacial score (nSPS) is 18.5. The van der Waals surface area contributed by atoms with E-state index in [2.05, 4.69) is 5.32 Å². The lowest BCUT2D eigenvalue weighted by Crippen LogP contribution is -2.46. The number of hydrogen-bond donors (Lipinski definition) is 2. The number of carboxylic acid groups (broad SMARTS) is 1. The average molecular weight is 347 g/mol. The van der Waals surface area contributed by atoms with Crippen LogP contribution in [0.5, 0.6) is 0 Å². The highest BCUT2D eigenvalue weighted by Gasteiger charge is 2.35. The van der Waals surface area contributed by atoms with Gasteiger partial charge in [-0.1, -0.05) is 30.4 Å². The Morgan fingerprint density at radius 3 is 2.52 bits per heavy atom. The molecule has 2 aromatic carbocycles. The molecule has 128 valence electrons. The molecule has 2 aromatic rings. The summed E-state index contributed by atoms with van der Waals surface area (Å²) >= 11 is 0. The molecular formula is C18H12F3NO3. The predicted octanol–water partition coefficient (Wildman–Crippen LogP) is 3.55. The van der Waals surface area contributed by atoms with Crippen molar-refractivity contribution in [3.05, 3.63) is 71.1 Å². The molecule has 25 heavy (non-hydrogen) atoms. The maximum Gasteiger partial charge on any atom is 0.405 e. The van der Waals surface area contributed by atoms with Crippen LogP contribution < -0.4 is 5.32 Å². The van der Waals surface area contributed by atoms with Gasteiger partial charge in [-0.2, -0.15) is 0 Å². The molecule has 0 fully saturated rings. The van der Waals surface area contributed by atoms with Gasteiger partial charge in [0.2, 0.25) is 0 Å². The summed E-state index contributed by atoms with van der Waals surface area (Å²) in [5, 5.41) is 11.1. The van der Waals surface area contributed by atoms with Crippen LogP contribution in [0.4, 0.5) is 18.0 Å². The molecule has 0 spiro atoms. The minimum Gasteiger partial charge on any atom is -0.465 e. The van der Waals surface area contributed by atoms with Gasteiger partial charge in [0.1, 0.15) is 11.4 Å². The topological polar surface area (TPSA) is 66.4 Å². The van der Waals surface area contributed by atoms with Crippen LogP contribution in [0.2, 0.25) is 0 Å². The molecule has 7 heteroatoms. The Labute approximate surface area is 140 Å². The highest BCUT2D eigenvalue weighted by atomic mass is 19.2. The smallest absolute Gasteiger partial charge is 0.405 e. The van der Waals surface area contributed by atoms with Crippen LogP contribution in [0.15, 0.2) is 42.5 Å². The largest absolute Gasteiger partial charge is 0.465 e. The Kier molecular flexibility index (Phi) is 4.08. The van der Waals surface area contributed by atoms with Gasteiger partial charge in [-0.05, 0) is 29.2 Å². The third-order valence-corrected chi connectivity index (χ3v) is 4.09. The van der Waals surface area contributed by atoms with Crippen LogP contribution in [-0.4, -0.2) is 17.5 Å². The molecule has 1 aliphatic carbocycles. The Bertz CT molecular complexity index is 911. The predicted molar refractivity (Wildman–Crippen MR) is 83.5 cm³/mol. The van der Waals surface area contributed by atoms with Crippen LogP contribution >= 0.6 is 0 Å². The molecule has 0 saturated heterocycles. The molecule has 0 saturated carbocycles. The Morgan fingerprint density at radius 2 is 1.84 bits per heavy atom. The zero-order chi connectivity index (χ0) is 18.2. The minimum absolute atomic E-state index is 0.126. The van der Waals surface area contributed by atoms with E-state index in [-0.39, 0.29) is 5.56 Å². The highest BCUT2D eigenvalue weighted by molar-refractivity contribution is 5.81. The quantitative estimate of drug-likeness (QED) is 0.507. The van der Waals surface area contributed by atoms with Crippen molar-refractivity contribution >= 4 is 12.4 Å². The van der Waals surface area contributed by atoms with E-state index in [1.54, 1.807) is 6.08 Å². The maximum absolute atomic E-state index is 14.0. The number of aldehydes is 1. The number of benzene rings is 2. The van der Waals surface area contributed by atoms with Gasteiger partial charge >= 0.3 is 6.09 Å². The molecule has 0 aliphatic heterocycles. The number of allylic oxidation sites excluding steroid dienone is 1. The fourth-order valence-corrected chi connectivity index (χ4v) is 2.96. The van der Waals surface area contributed by atoms with Crippen molar-refractivity contribution in [2.75, 3.05) is 0 Å². The number of rotatable bonds is 3. The SMILES string of the molecule is O=C[C@]1(NC(=O)O)C=CCc2cc(-c3cc(F)c(F)cc3F)ccc21.